The van der Waals surface area contributed by atoms with E-state index in [-0.39, 0.29) is 17.6 Å². The molecule has 1 fully saturated rings. The van der Waals surface area contributed by atoms with Gasteiger partial charge in [0.05, 0.1) is 5.56 Å². The normalized spacial score (nSPS) is 14.8. The average Bonchev–Trinajstić information content (AvgIpc) is 2.92. The molecule has 2 amide bonds. The molecule has 2 heterocycles. The van der Waals surface area contributed by atoms with Crippen molar-refractivity contribution in [2.45, 2.75) is 19.3 Å². The molecule has 1 saturated heterocycles. The lowest BCUT2D eigenvalue weighted by molar-refractivity contribution is -0.131. The molecule has 3 rings (SSSR count). The Balaban J connectivity index is 1.53. The molecule has 136 valence electrons. The summed E-state index contributed by atoms with van der Waals surface area (Å²) in [6.07, 6.45) is 4.82. The van der Waals surface area contributed by atoms with Crippen molar-refractivity contribution in [3.63, 3.8) is 0 Å². The van der Waals surface area contributed by atoms with E-state index in [1.54, 1.807) is 40.4 Å². The zero-order valence-electron chi connectivity index (χ0n) is 14.6. The number of halogens is 1. The first-order valence-electron chi connectivity index (χ1n) is 8.85. The number of nitrogens with zero attached hydrogens (tertiary/aromatic N) is 3. The summed E-state index contributed by atoms with van der Waals surface area (Å²) in [5, 5.41) is 0. The summed E-state index contributed by atoms with van der Waals surface area (Å²) < 4.78 is 13.2. The van der Waals surface area contributed by atoms with E-state index in [0.29, 0.717) is 44.6 Å². The molecule has 1 aromatic carbocycles. The molecule has 5 nitrogen and oxygen atoms in total. The van der Waals surface area contributed by atoms with Crippen LogP contribution in [0.4, 0.5) is 4.39 Å². The highest BCUT2D eigenvalue weighted by atomic mass is 19.1. The Labute approximate surface area is 152 Å². The van der Waals surface area contributed by atoms with Gasteiger partial charge in [0.15, 0.2) is 0 Å². The van der Waals surface area contributed by atoms with Crippen molar-refractivity contribution >= 4 is 11.8 Å². The van der Waals surface area contributed by atoms with Gasteiger partial charge in [-0.1, -0.05) is 12.1 Å². The number of pyridine rings is 1. The van der Waals surface area contributed by atoms with E-state index in [2.05, 4.69) is 4.98 Å². The van der Waals surface area contributed by atoms with Crippen molar-refractivity contribution in [3.8, 4) is 0 Å². The SMILES string of the molecule is O=C(CCc1cccc(F)c1)N1CCCN(C(=O)c2cccnc2)CC1. The molecule has 1 aliphatic heterocycles. The van der Waals surface area contributed by atoms with Crippen molar-refractivity contribution in [1.82, 2.24) is 14.8 Å². The van der Waals surface area contributed by atoms with Crippen molar-refractivity contribution < 1.29 is 14.0 Å². The number of rotatable bonds is 4. The molecule has 0 bridgehead atoms. The second-order valence-corrected chi connectivity index (χ2v) is 6.40. The van der Waals surface area contributed by atoms with Gasteiger partial charge in [-0.15, -0.1) is 0 Å². The number of benzene rings is 1. The summed E-state index contributed by atoms with van der Waals surface area (Å²) in [7, 11) is 0. The fraction of sp³-hybridized carbons (Fsp3) is 0.350. The summed E-state index contributed by atoms with van der Waals surface area (Å²) in [5.74, 6) is -0.286. The maximum Gasteiger partial charge on any atom is 0.255 e. The smallest absolute Gasteiger partial charge is 0.255 e. The monoisotopic (exact) mass is 355 g/mol. The minimum absolute atomic E-state index is 0.0462. The molecular weight excluding hydrogens is 333 g/mol. The highest BCUT2D eigenvalue weighted by Crippen LogP contribution is 2.11. The van der Waals surface area contributed by atoms with Gasteiger partial charge in [0, 0.05) is 45.0 Å². The Morgan fingerprint density at radius 2 is 1.85 bits per heavy atom. The maximum absolute atomic E-state index is 13.2. The van der Waals surface area contributed by atoms with E-state index in [9.17, 15) is 14.0 Å². The van der Waals surface area contributed by atoms with E-state index in [4.69, 9.17) is 0 Å². The van der Waals surface area contributed by atoms with Gasteiger partial charge in [-0.25, -0.2) is 4.39 Å². The van der Waals surface area contributed by atoms with E-state index >= 15 is 0 Å². The van der Waals surface area contributed by atoms with Gasteiger partial charge in [-0.3, -0.25) is 14.6 Å². The number of carbonyl (C=O) groups excluding carboxylic acids is 2. The first kappa shape index (κ1) is 18.0. The van der Waals surface area contributed by atoms with E-state index in [1.165, 1.54) is 12.1 Å². The predicted molar refractivity (Wildman–Crippen MR) is 96.1 cm³/mol. The first-order chi connectivity index (χ1) is 12.6. The molecule has 0 N–H and O–H groups in total. The minimum Gasteiger partial charge on any atom is -0.341 e. The van der Waals surface area contributed by atoms with Crippen molar-refractivity contribution in [3.05, 3.63) is 65.7 Å². The third-order valence-electron chi connectivity index (χ3n) is 4.56. The Kier molecular flexibility index (Phi) is 5.94. The zero-order valence-corrected chi connectivity index (χ0v) is 14.6. The zero-order chi connectivity index (χ0) is 18.4. The number of amides is 2. The standard InChI is InChI=1S/C20H22FN3O2/c21-18-6-1-4-16(14-18)7-8-19(25)23-10-3-11-24(13-12-23)20(26)17-5-2-9-22-15-17/h1-2,4-6,9,14-15H,3,7-8,10-13H2. The van der Waals surface area contributed by atoms with Crippen LogP contribution in [0.2, 0.25) is 0 Å². The van der Waals surface area contributed by atoms with Crippen LogP contribution in [0.15, 0.2) is 48.8 Å². The molecule has 26 heavy (non-hydrogen) atoms. The van der Waals surface area contributed by atoms with Crippen LogP contribution in [0.5, 0.6) is 0 Å². The predicted octanol–water partition coefficient (Wildman–Crippen LogP) is 2.53. The van der Waals surface area contributed by atoms with Gasteiger partial charge in [-0.2, -0.15) is 0 Å². The van der Waals surface area contributed by atoms with Gasteiger partial charge < -0.3 is 9.80 Å². The quantitative estimate of drug-likeness (QED) is 0.847. The summed E-state index contributed by atoms with van der Waals surface area (Å²) >= 11 is 0. The molecule has 0 radical (unpaired) electrons. The summed E-state index contributed by atoms with van der Waals surface area (Å²) in [5.41, 5.74) is 1.39. The molecule has 0 aliphatic carbocycles. The van der Waals surface area contributed by atoms with Gasteiger partial charge in [-0.05, 0) is 42.7 Å². The molecule has 6 heteroatoms. The van der Waals surface area contributed by atoms with Crippen LogP contribution in [-0.4, -0.2) is 52.8 Å². The highest BCUT2D eigenvalue weighted by Gasteiger charge is 2.22. The average molecular weight is 355 g/mol. The van der Waals surface area contributed by atoms with E-state index < -0.39 is 0 Å². The number of hydrogen-bond acceptors (Lipinski definition) is 3. The van der Waals surface area contributed by atoms with Crippen LogP contribution in [-0.2, 0) is 11.2 Å². The largest absolute Gasteiger partial charge is 0.341 e. The lowest BCUT2D eigenvalue weighted by atomic mass is 10.1. The third kappa shape index (κ3) is 4.65. The lowest BCUT2D eigenvalue weighted by Gasteiger charge is -2.22. The number of aromatic nitrogens is 1. The Bertz CT molecular complexity index is 767. The Hall–Kier alpha value is -2.76. The van der Waals surface area contributed by atoms with E-state index in [0.717, 1.165) is 12.0 Å². The van der Waals surface area contributed by atoms with Gasteiger partial charge >= 0.3 is 0 Å². The van der Waals surface area contributed by atoms with Crippen LogP contribution >= 0.6 is 0 Å². The Morgan fingerprint density at radius 1 is 1.04 bits per heavy atom. The van der Waals surface area contributed by atoms with E-state index in [1.807, 2.05) is 6.07 Å². The number of carbonyl (C=O) groups is 2. The minimum atomic E-state index is -0.283. The second kappa shape index (κ2) is 8.56. The molecular formula is C20H22FN3O2. The molecule has 1 aliphatic rings. The molecule has 0 atom stereocenters. The third-order valence-corrected chi connectivity index (χ3v) is 4.56. The fourth-order valence-corrected chi connectivity index (χ4v) is 3.14. The van der Waals surface area contributed by atoms with Gasteiger partial charge in [0.1, 0.15) is 5.82 Å². The fourth-order valence-electron chi connectivity index (χ4n) is 3.14. The summed E-state index contributed by atoms with van der Waals surface area (Å²) in [6.45, 7) is 2.30. The molecule has 0 unspecified atom stereocenters. The topological polar surface area (TPSA) is 53.5 Å². The number of aryl methyl sites for hydroxylation is 1. The summed E-state index contributed by atoms with van der Waals surface area (Å²) in [6, 6.07) is 9.84. The maximum atomic E-state index is 13.2. The second-order valence-electron chi connectivity index (χ2n) is 6.40. The van der Waals surface area contributed by atoms with Crippen LogP contribution in [0, 0.1) is 5.82 Å². The lowest BCUT2D eigenvalue weighted by Crippen LogP contribution is -2.37. The molecule has 1 aromatic heterocycles. The van der Waals surface area contributed by atoms with Gasteiger partial charge in [0.25, 0.3) is 5.91 Å². The number of hydrogen-bond donors (Lipinski definition) is 0. The Morgan fingerprint density at radius 3 is 2.62 bits per heavy atom. The van der Waals surface area contributed by atoms with Crippen LogP contribution in [0.1, 0.15) is 28.8 Å². The molecule has 0 spiro atoms. The highest BCUT2D eigenvalue weighted by molar-refractivity contribution is 5.94. The molecule has 0 saturated carbocycles. The van der Waals surface area contributed by atoms with Crippen LogP contribution in [0.25, 0.3) is 0 Å². The molecule has 2 aromatic rings. The van der Waals surface area contributed by atoms with Crippen molar-refractivity contribution in [2.24, 2.45) is 0 Å². The summed E-state index contributed by atoms with van der Waals surface area (Å²) in [4.78, 5) is 32.6. The van der Waals surface area contributed by atoms with Gasteiger partial charge in [0.2, 0.25) is 5.91 Å². The first-order valence-corrected chi connectivity index (χ1v) is 8.85. The van der Waals surface area contributed by atoms with Crippen molar-refractivity contribution in [2.75, 3.05) is 26.2 Å². The van der Waals surface area contributed by atoms with Crippen molar-refractivity contribution in [1.29, 1.82) is 0 Å². The van der Waals surface area contributed by atoms with Crippen LogP contribution < -0.4 is 0 Å². The van der Waals surface area contributed by atoms with Crippen LogP contribution in [0.3, 0.4) is 0 Å².